The molecule has 3 aromatic carbocycles. The van der Waals surface area contributed by atoms with E-state index in [0.717, 1.165) is 12.1 Å². The van der Waals surface area contributed by atoms with Gasteiger partial charge in [-0.15, -0.1) is 0 Å². The number of nitrogens with zero attached hydrogens (tertiary/aromatic N) is 1. The Hall–Kier alpha value is -2.93. The first-order valence-electron chi connectivity index (χ1n) is 11.0. The molecular formula is C29H29N. The summed E-state index contributed by atoms with van der Waals surface area (Å²) in [5.74, 6) is 0.483. The smallest absolute Gasteiger partial charge is 0.0792 e. The van der Waals surface area contributed by atoms with Crippen LogP contribution in [0.4, 0.5) is 0 Å². The average Bonchev–Trinajstić information content (AvgIpc) is 2.82. The monoisotopic (exact) mass is 391 g/mol. The highest BCUT2D eigenvalue weighted by Gasteiger charge is 2.24. The van der Waals surface area contributed by atoms with Gasteiger partial charge in [-0.3, -0.25) is 4.98 Å². The van der Waals surface area contributed by atoms with E-state index >= 15 is 0 Å². The molecule has 0 spiro atoms. The molecule has 1 aromatic heterocycles. The van der Waals surface area contributed by atoms with Crippen molar-refractivity contribution in [3.05, 3.63) is 78.0 Å². The zero-order chi connectivity index (χ0) is 21.0. The molecule has 1 aliphatic carbocycles. The highest BCUT2D eigenvalue weighted by molar-refractivity contribution is 6.12. The molecule has 0 amide bonds. The number of hydrogen-bond donors (Lipinski definition) is 0. The average molecular weight is 392 g/mol. The second-order valence-corrected chi connectivity index (χ2v) is 10.1. The van der Waals surface area contributed by atoms with Gasteiger partial charge in [0.1, 0.15) is 0 Å². The number of fused-ring (bicyclic) bond motifs is 5. The third-order valence-electron chi connectivity index (χ3n) is 6.13. The highest BCUT2D eigenvalue weighted by atomic mass is 14.7. The maximum absolute atomic E-state index is 4.88. The van der Waals surface area contributed by atoms with Crippen molar-refractivity contribution in [3.63, 3.8) is 0 Å². The molecule has 30 heavy (non-hydrogen) atoms. The topological polar surface area (TPSA) is 12.9 Å². The van der Waals surface area contributed by atoms with Crippen molar-refractivity contribution in [2.75, 3.05) is 0 Å². The Morgan fingerprint density at radius 3 is 2.23 bits per heavy atom. The van der Waals surface area contributed by atoms with Gasteiger partial charge in [-0.1, -0.05) is 89.2 Å². The summed E-state index contributed by atoms with van der Waals surface area (Å²) >= 11 is 0. The van der Waals surface area contributed by atoms with Gasteiger partial charge in [-0.25, -0.2) is 0 Å². The van der Waals surface area contributed by atoms with Crippen LogP contribution in [0.15, 0.2) is 66.9 Å². The Kier molecular flexibility index (Phi) is 4.32. The third-order valence-corrected chi connectivity index (χ3v) is 6.13. The first-order chi connectivity index (χ1) is 14.3. The molecule has 0 aliphatic heterocycles. The van der Waals surface area contributed by atoms with Crippen LogP contribution in [0.5, 0.6) is 0 Å². The fraction of sp³-hybridized carbons (Fsp3) is 0.276. The van der Waals surface area contributed by atoms with Crippen molar-refractivity contribution in [2.45, 2.75) is 47.0 Å². The van der Waals surface area contributed by atoms with Crippen LogP contribution in [0.3, 0.4) is 0 Å². The van der Waals surface area contributed by atoms with Gasteiger partial charge in [0.15, 0.2) is 0 Å². The molecule has 0 saturated carbocycles. The van der Waals surface area contributed by atoms with Gasteiger partial charge >= 0.3 is 0 Å². The molecule has 4 aromatic rings. The van der Waals surface area contributed by atoms with Gasteiger partial charge in [0, 0.05) is 17.1 Å². The van der Waals surface area contributed by atoms with Gasteiger partial charge in [0.25, 0.3) is 0 Å². The lowest BCUT2D eigenvalue weighted by molar-refractivity contribution is 0.411. The summed E-state index contributed by atoms with van der Waals surface area (Å²) in [6.45, 7) is 11.5. The lowest BCUT2D eigenvalue weighted by Crippen LogP contribution is -2.09. The van der Waals surface area contributed by atoms with Crippen molar-refractivity contribution in [2.24, 2.45) is 5.41 Å². The molecule has 1 heteroatoms. The number of aromatic nitrogens is 1. The minimum atomic E-state index is 0.258. The number of pyridine rings is 1. The van der Waals surface area contributed by atoms with Crippen LogP contribution in [0.25, 0.3) is 44.3 Å². The number of rotatable bonds is 2. The summed E-state index contributed by atoms with van der Waals surface area (Å²) < 4.78 is 0. The van der Waals surface area contributed by atoms with E-state index < -0.39 is 0 Å². The minimum Gasteiger partial charge on any atom is -0.256 e. The predicted octanol–water partition coefficient (Wildman–Crippen LogP) is 8.26. The van der Waals surface area contributed by atoms with E-state index in [4.69, 9.17) is 4.98 Å². The fourth-order valence-electron chi connectivity index (χ4n) is 4.79. The van der Waals surface area contributed by atoms with E-state index in [2.05, 4.69) is 95.3 Å². The summed E-state index contributed by atoms with van der Waals surface area (Å²) in [5, 5.41) is 2.55. The maximum atomic E-state index is 4.88. The normalized spacial score (nSPS) is 12.6. The van der Waals surface area contributed by atoms with Crippen LogP contribution >= 0.6 is 0 Å². The summed E-state index contributed by atoms with van der Waals surface area (Å²) in [4.78, 5) is 4.88. The summed E-state index contributed by atoms with van der Waals surface area (Å²) in [5.41, 5.74) is 10.6. The standard InChI is InChI=1S/C29H29N/c1-18(2)21-15-20-12-13-30-28-24-9-7-6-8-22(24)25-14-19(17-29(3,4)5)10-11-23(25)26(16-21)27(20)28/h6-16,18H,17H2,1-5H3. The molecule has 0 radical (unpaired) electrons. The highest BCUT2D eigenvalue weighted by Crippen LogP contribution is 2.47. The van der Waals surface area contributed by atoms with Crippen molar-refractivity contribution in [3.8, 4) is 33.5 Å². The van der Waals surface area contributed by atoms with Crippen LogP contribution in [-0.4, -0.2) is 4.98 Å². The van der Waals surface area contributed by atoms with E-state index in [0.29, 0.717) is 5.92 Å². The number of hydrogen-bond acceptors (Lipinski definition) is 1. The Morgan fingerprint density at radius 2 is 1.50 bits per heavy atom. The van der Waals surface area contributed by atoms with Crippen LogP contribution in [0, 0.1) is 5.41 Å². The second-order valence-electron chi connectivity index (χ2n) is 10.1. The molecule has 5 rings (SSSR count). The minimum absolute atomic E-state index is 0.258. The van der Waals surface area contributed by atoms with Gasteiger partial charge < -0.3 is 0 Å². The summed E-state index contributed by atoms with van der Waals surface area (Å²) in [6.07, 6.45) is 3.03. The molecular weight excluding hydrogens is 362 g/mol. The summed E-state index contributed by atoms with van der Waals surface area (Å²) in [7, 11) is 0. The maximum Gasteiger partial charge on any atom is 0.0792 e. The van der Waals surface area contributed by atoms with Gasteiger partial charge in [-0.2, -0.15) is 0 Å². The Morgan fingerprint density at radius 1 is 0.767 bits per heavy atom. The van der Waals surface area contributed by atoms with Crippen LogP contribution < -0.4 is 0 Å². The van der Waals surface area contributed by atoms with E-state index in [1.54, 1.807) is 0 Å². The van der Waals surface area contributed by atoms with Gasteiger partial charge in [-0.05, 0) is 62.6 Å². The fourth-order valence-corrected chi connectivity index (χ4v) is 4.79. The molecule has 1 heterocycles. The van der Waals surface area contributed by atoms with Crippen LogP contribution in [0.1, 0.15) is 51.7 Å². The quantitative estimate of drug-likeness (QED) is 0.295. The summed E-state index contributed by atoms with van der Waals surface area (Å²) in [6, 6.07) is 22.7. The third kappa shape index (κ3) is 3.13. The zero-order valence-corrected chi connectivity index (χ0v) is 18.6. The first-order valence-corrected chi connectivity index (χ1v) is 11.0. The largest absolute Gasteiger partial charge is 0.256 e. The molecule has 1 nitrogen and oxygen atoms in total. The lowest BCUT2D eigenvalue weighted by Gasteiger charge is -2.20. The Balaban J connectivity index is 1.90. The zero-order valence-electron chi connectivity index (χ0n) is 18.6. The van der Waals surface area contributed by atoms with Gasteiger partial charge in [0.05, 0.1) is 5.69 Å². The van der Waals surface area contributed by atoms with E-state index in [1.807, 2.05) is 6.20 Å². The molecule has 0 saturated heterocycles. The van der Waals surface area contributed by atoms with Crippen molar-refractivity contribution < 1.29 is 0 Å². The van der Waals surface area contributed by atoms with Crippen molar-refractivity contribution in [1.29, 1.82) is 0 Å². The Labute approximate surface area is 179 Å². The first kappa shape index (κ1) is 19.1. The van der Waals surface area contributed by atoms with Crippen LogP contribution in [0.2, 0.25) is 0 Å². The molecule has 0 unspecified atom stereocenters. The molecule has 0 bridgehead atoms. The molecule has 0 N–H and O–H groups in total. The Bertz CT molecular complexity index is 1270. The van der Waals surface area contributed by atoms with Gasteiger partial charge in [0.2, 0.25) is 0 Å². The second kappa shape index (κ2) is 6.80. The van der Waals surface area contributed by atoms with E-state index in [9.17, 15) is 0 Å². The van der Waals surface area contributed by atoms with E-state index in [1.165, 1.54) is 49.7 Å². The van der Waals surface area contributed by atoms with Crippen molar-refractivity contribution in [1.82, 2.24) is 4.98 Å². The molecule has 0 fully saturated rings. The predicted molar refractivity (Wildman–Crippen MR) is 129 cm³/mol. The molecule has 0 atom stereocenters. The molecule has 150 valence electrons. The SMILES string of the molecule is CC(C)c1cc2c3c(nccc3c1)-c1ccccc1-c1cc(CC(C)(C)C)ccc1-2. The number of benzene rings is 3. The van der Waals surface area contributed by atoms with Crippen molar-refractivity contribution >= 4 is 10.8 Å². The van der Waals surface area contributed by atoms with E-state index in [-0.39, 0.29) is 5.41 Å². The lowest BCUT2D eigenvalue weighted by atomic mass is 9.85. The molecule has 1 aliphatic rings. The van der Waals surface area contributed by atoms with Crippen LogP contribution in [-0.2, 0) is 6.42 Å².